The molecule has 6 rings (SSSR count). The van der Waals surface area contributed by atoms with E-state index in [1.807, 2.05) is 36.5 Å². The minimum atomic E-state index is 0.0232. The Morgan fingerprint density at radius 2 is 1.79 bits per heavy atom. The van der Waals surface area contributed by atoms with Crippen molar-refractivity contribution in [2.24, 2.45) is 5.92 Å². The fraction of sp³-hybridized carbons (Fsp3) is 0.485. The van der Waals surface area contributed by atoms with Crippen LogP contribution in [0.1, 0.15) is 85.3 Å². The number of nitrogens with zero attached hydrogens (tertiary/aromatic N) is 3. The van der Waals surface area contributed by atoms with E-state index in [0.29, 0.717) is 6.42 Å². The monoisotopic (exact) mass is 524 g/mol. The normalized spacial score (nSPS) is 19.8. The number of hydrogen-bond acceptors (Lipinski definition) is 4. The quantitative estimate of drug-likeness (QED) is 0.409. The highest BCUT2D eigenvalue weighted by atomic mass is 16.2. The molecule has 1 aromatic heterocycles. The predicted octanol–water partition coefficient (Wildman–Crippen LogP) is 6.05. The lowest BCUT2D eigenvalue weighted by atomic mass is 9.99. The lowest BCUT2D eigenvalue weighted by Gasteiger charge is -2.38. The molecule has 1 atom stereocenters. The number of aromatic nitrogens is 1. The van der Waals surface area contributed by atoms with E-state index in [2.05, 4.69) is 45.5 Å². The number of nitrogens with one attached hydrogen (secondary N) is 1. The van der Waals surface area contributed by atoms with Gasteiger partial charge in [0.2, 0.25) is 5.91 Å². The van der Waals surface area contributed by atoms with Crippen LogP contribution in [-0.4, -0.2) is 47.9 Å². The van der Waals surface area contributed by atoms with Gasteiger partial charge in [-0.3, -0.25) is 14.6 Å². The molecule has 6 heteroatoms. The van der Waals surface area contributed by atoms with Crippen molar-refractivity contribution in [1.29, 1.82) is 0 Å². The van der Waals surface area contributed by atoms with E-state index in [-0.39, 0.29) is 23.9 Å². The molecule has 2 amide bonds. The molecule has 1 saturated heterocycles. The predicted molar refractivity (Wildman–Crippen MR) is 156 cm³/mol. The van der Waals surface area contributed by atoms with Crippen molar-refractivity contribution in [3.8, 4) is 0 Å². The van der Waals surface area contributed by atoms with Gasteiger partial charge >= 0.3 is 0 Å². The standard InChI is InChI=1S/C33H40N4O2/c1-36(28-15-18-37(19-16-28)29-11-9-27-22-34-17-14-25(27)20-29)33(39)26-8-7-24-10-12-31(30(24)21-26)35-32(38)13-6-23-4-2-3-5-23/h7-9,11,14,17,20-23,28,31H,2-6,10,12-13,15-16,18-19H2,1H3,(H,35,38). The molecule has 39 heavy (non-hydrogen) atoms. The second-order valence-corrected chi connectivity index (χ2v) is 11.8. The largest absolute Gasteiger partial charge is 0.371 e. The third-order valence-electron chi connectivity index (χ3n) is 9.38. The lowest BCUT2D eigenvalue weighted by molar-refractivity contribution is -0.122. The zero-order chi connectivity index (χ0) is 26.8. The Kier molecular flexibility index (Phi) is 7.53. The summed E-state index contributed by atoms with van der Waals surface area (Å²) in [5.74, 6) is 0.958. The Balaban J connectivity index is 1.05. The molecule has 1 saturated carbocycles. The number of fused-ring (bicyclic) bond motifs is 2. The smallest absolute Gasteiger partial charge is 0.253 e. The highest BCUT2D eigenvalue weighted by Crippen LogP contribution is 2.34. The van der Waals surface area contributed by atoms with E-state index >= 15 is 0 Å². The molecule has 0 radical (unpaired) electrons. The van der Waals surface area contributed by atoms with Crippen LogP contribution in [0.15, 0.2) is 54.9 Å². The molecule has 204 valence electrons. The molecule has 3 aliphatic rings. The maximum absolute atomic E-state index is 13.5. The number of anilines is 1. The summed E-state index contributed by atoms with van der Waals surface area (Å²) in [4.78, 5) is 34.8. The molecule has 1 aliphatic heterocycles. The second kappa shape index (κ2) is 11.4. The van der Waals surface area contributed by atoms with Crippen molar-refractivity contribution in [2.45, 2.75) is 76.3 Å². The molecule has 2 heterocycles. The van der Waals surface area contributed by atoms with Crippen LogP contribution in [0.4, 0.5) is 5.69 Å². The van der Waals surface area contributed by atoms with Crippen molar-refractivity contribution in [3.63, 3.8) is 0 Å². The van der Waals surface area contributed by atoms with E-state index in [4.69, 9.17) is 0 Å². The highest BCUT2D eigenvalue weighted by molar-refractivity contribution is 5.94. The van der Waals surface area contributed by atoms with Crippen LogP contribution < -0.4 is 10.2 Å². The first-order chi connectivity index (χ1) is 19.0. The molecule has 1 N–H and O–H groups in total. The highest BCUT2D eigenvalue weighted by Gasteiger charge is 2.29. The summed E-state index contributed by atoms with van der Waals surface area (Å²) < 4.78 is 0. The van der Waals surface area contributed by atoms with Gasteiger partial charge in [-0.1, -0.05) is 37.8 Å². The number of amides is 2. The van der Waals surface area contributed by atoms with E-state index in [1.165, 1.54) is 42.3 Å². The average molecular weight is 525 g/mol. The molecule has 1 unspecified atom stereocenters. The van der Waals surface area contributed by atoms with Crippen LogP contribution in [0.25, 0.3) is 10.8 Å². The first-order valence-electron chi connectivity index (χ1n) is 14.8. The van der Waals surface area contributed by atoms with Crippen molar-refractivity contribution in [3.05, 3.63) is 71.5 Å². The minimum Gasteiger partial charge on any atom is -0.371 e. The molecule has 2 aromatic carbocycles. The molecule has 2 aliphatic carbocycles. The van der Waals surface area contributed by atoms with Crippen LogP contribution in [0.2, 0.25) is 0 Å². The Labute approximate surface area is 231 Å². The second-order valence-electron chi connectivity index (χ2n) is 11.8. The SMILES string of the molecule is CN(C(=O)c1ccc2c(c1)C(NC(=O)CCC1CCCC1)CC2)C1CCN(c2ccc3cnccc3c2)CC1. The number of pyridine rings is 1. The van der Waals surface area contributed by atoms with Crippen molar-refractivity contribution < 1.29 is 9.59 Å². The number of rotatable bonds is 7. The number of aryl methyl sites for hydroxylation is 1. The number of carbonyl (C=O) groups is 2. The number of benzene rings is 2. The molecular weight excluding hydrogens is 484 g/mol. The Hall–Kier alpha value is -3.41. The van der Waals surface area contributed by atoms with Gasteiger partial charge in [0, 0.05) is 61.6 Å². The Morgan fingerprint density at radius 3 is 2.62 bits per heavy atom. The summed E-state index contributed by atoms with van der Waals surface area (Å²) in [7, 11) is 1.95. The van der Waals surface area contributed by atoms with Gasteiger partial charge in [0.15, 0.2) is 0 Å². The zero-order valence-corrected chi connectivity index (χ0v) is 23.1. The molecule has 0 bridgehead atoms. The van der Waals surface area contributed by atoms with Gasteiger partial charge in [-0.05, 0) is 84.9 Å². The lowest BCUT2D eigenvalue weighted by Crippen LogP contribution is -2.45. The van der Waals surface area contributed by atoms with Gasteiger partial charge in [-0.15, -0.1) is 0 Å². The maximum atomic E-state index is 13.5. The molecule has 0 spiro atoms. The minimum absolute atomic E-state index is 0.0232. The van der Waals surface area contributed by atoms with Crippen LogP contribution in [0.5, 0.6) is 0 Å². The maximum Gasteiger partial charge on any atom is 0.253 e. The number of carbonyl (C=O) groups excluding carboxylic acids is 2. The van der Waals surface area contributed by atoms with E-state index in [9.17, 15) is 9.59 Å². The topological polar surface area (TPSA) is 65.5 Å². The van der Waals surface area contributed by atoms with Gasteiger partial charge in [0.1, 0.15) is 0 Å². The summed E-state index contributed by atoms with van der Waals surface area (Å²) in [6, 6.07) is 15.0. The molecule has 6 nitrogen and oxygen atoms in total. The Morgan fingerprint density at radius 1 is 0.974 bits per heavy atom. The van der Waals surface area contributed by atoms with Crippen LogP contribution in [-0.2, 0) is 11.2 Å². The first kappa shape index (κ1) is 25.8. The number of hydrogen-bond donors (Lipinski definition) is 1. The van der Waals surface area contributed by atoms with Gasteiger partial charge in [-0.2, -0.15) is 0 Å². The Bertz CT molecular complexity index is 1340. The summed E-state index contributed by atoms with van der Waals surface area (Å²) in [6.45, 7) is 1.86. The average Bonchev–Trinajstić information content (AvgIpc) is 3.65. The molecule has 3 aromatic rings. The summed E-state index contributed by atoms with van der Waals surface area (Å²) in [6.07, 6.45) is 14.3. The van der Waals surface area contributed by atoms with E-state index in [0.717, 1.165) is 67.6 Å². The van der Waals surface area contributed by atoms with Gasteiger partial charge in [-0.25, -0.2) is 0 Å². The fourth-order valence-electron chi connectivity index (χ4n) is 6.93. The van der Waals surface area contributed by atoms with E-state index in [1.54, 1.807) is 0 Å². The van der Waals surface area contributed by atoms with Crippen molar-refractivity contribution in [2.75, 3.05) is 25.0 Å². The van der Waals surface area contributed by atoms with E-state index < -0.39 is 0 Å². The zero-order valence-electron chi connectivity index (χ0n) is 23.1. The molecular formula is C33H40N4O2. The van der Waals surface area contributed by atoms with Crippen LogP contribution in [0.3, 0.4) is 0 Å². The first-order valence-corrected chi connectivity index (χ1v) is 14.8. The summed E-state index contributed by atoms with van der Waals surface area (Å²) in [5, 5.41) is 5.64. The fourth-order valence-corrected chi connectivity index (χ4v) is 6.93. The van der Waals surface area contributed by atoms with Gasteiger partial charge < -0.3 is 15.1 Å². The summed E-state index contributed by atoms with van der Waals surface area (Å²) in [5.41, 5.74) is 4.35. The van der Waals surface area contributed by atoms with Gasteiger partial charge in [0.25, 0.3) is 5.91 Å². The van der Waals surface area contributed by atoms with Crippen LogP contribution >= 0.6 is 0 Å². The van der Waals surface area contributed by atoms with Crippen molar-refractivity contribution >= 4 is 28.3 Å². The summed E-state index contributed by atoms with van der Waals surface area (Å²) >= 11 is 0. The van der Waals surface area contributed by atoms with Crippen molar-refractivity contribution in [1.82, 2.24) is 15.2 Å². The van der Waals surface area contributed by atoms with Gasteiger partial charge in [0.05, 0.1) is 6.04 Å². The third kappa shape index (κ3) is 5.66. The molecule has 2 fully saturated rings. The third-order valence-corrected chi connectivity index (χ3v) is 9.38. The van der Waals surface area contributed by atoms with Crippen LogP contribution in [0, 0.1) is 5.92 Å². The number of piperidine rings is 1.